The molecule has 0 unspecified atom stereocenters. The average molecular weight is 280 g/mol. The number of methoxy groups -OCH3 is 3. The van der Waals surface area contributed by atoms with Crippen LogP contribution in [0.3, 0.4) is 0 Å². The number of benzene rings is 1. The third-order valence-electron chi connectivity index (χ3n) is 3.56. The van der Waals surface area contributed by atoms with Gasteiger partial charge >= 0.3 is 0 Å². The Morgan fingerprint density at radius 2 is 1.70 bits per heavy atom. The van der Waals surface area contributed by atoms with E-state index in [4.69, 9.17) is 14.2 Å². The van der Waals surface area contributed by atoms with E-state index in [2.05, 4.69) is 10.2 Å². The predicted molar refractivity (Wildman–Crippen MR) is 78.9 cm³/mol. The van der Waals surface area contributed by atoms with Gasteiger partial charge in [0.05, 0.1) is 21.3 Å². The van der Waals surface area contributed by atoms with Gasteiger partial charge in [-0.2, -0.15) is 0 Å². The largest absolute Gasteiger partial charge is 0.493 e. The van der Waals surface area contributed by atoms with Gasteiger partial charge in [0.25, 0.3) is 0 Å². The highest BCUT2D eigenvalue weighted by Gasteiger charge is 2.15. The fourth-order valence-corrected chi connectivity index (χ4v) is 2.54. The summed E-state index contributed by atoms with van der Waals surface area (Å²) in [4.78, 5) is 2.45. The summed E-state index contributed by atoms with van der Waals surface area (Å²) in [5.74, 6) is 2.08. The molecule has 1 aromatic rings. The molecule has 0 aromatic heterocycles. The lowest BCUT2D eigenvalue weighted by Crippen LogP contribution is -2.27. The molecule has 0 amide bonds. The fourth-order valence-electron chi connectivity index (χ4n) is 2.54. The van der Waals surface area contributed by atoms with E-state index >= 15 is 0 Å². The van der Waals surface area contributed by atoms with Crippen molar-refractivity contribution in [3.05, 3.63) is 17.7 Å². The van der Waals surface area contributed by atoms with Crippen molar-refractivity contribution in [1.82, 2.24) is 10.2 Å². The molecule has 0 aliphatic carbocycles. The molecule has 112 valence electrons. The molecule has 1 aliphatic heterocycles. The first kappa shape index (κ1) is 14.9. The van der Waals surface area contributed by atoms with Crippen molar-refractivity contribution in [2.45, 2.75) is 13.0 Å². The molecule has 1 aliphatic rings. The van der Waals surface area contributed by atoms with Crippen LogP contribution in [0, 0.1) is 0 Å². The Morgan fingerprint density at radius 3 is 2.30 bits per heavy atom. The van der Waals surface area contributed by atoms with Gasteiger partial charge in [0.1, 0.15) is 0 Å². The molecule has 5 nitrogen and oxygen atoms in total. The highest BCUT2D eigenvalue weighted by molar-refractivity contribution is 5.53. The summed E-state index contributed by atoms with van der Waals surface area (Å²) in [5.41, 5.74) is 1.18. The standard InChI is InChI=1S/C15H24N2O3/c1-18-13-9-12(10-14(19-2)15(13)20-3)11-17-7-4-5-16-6-8-17/h9-10,16H,4-8,11H2,1-3H3. The highest BCUT2D eigenvalue weighted by atomic mass is 16.5. The van der Waals surface area contributed by atoms with Crippen LogP contribution in [0.25, 0.3) is 0 Å². The summed E-state index contributed by atoms with van der Waals surface area (Å²) in [7, 11) is 4.92. The second-order valence-electron chi connectivity index (χ2n) is 4.91. The molecule has 1 N–H and O–H groups in total. The molecule has 1 saturated heterocycles. The maximum absolute atomic E-state index is 5.40. The van der Waals surface area contributed by atoms with Crippen molar-refractivity contribution >= 4 is 0 Å². The van der Waals surface area contributed by atoms with Crippen LogP contribution in [0.5, 0.6) is 17.2 Å². The van der Waals surface area contributed by atoms with Gasteiger partial charge in [0, 0.05) is 19.6 Å². The lowest BCUT2D eigenvalue weighted by molar-refractivity contribution is 0.281. The van der Waals surface area contributed by atoms with E-state index in [1.807, 2.05) is 12.1 Å². The quantitative estimate of drug-likeness (QED) is 0.885. The van der Waals surface area contributed by atoms with Gasteiger partial charge in [-0.05, 0) is 37.2 Å². The SMILES string of the molecule is COc1cc(CN2CCCNCC2)cc(OC)c1OC. The van der Waals surface area contributed by atoms with Crippen molar-refractivity contribution < 1.29 is 14.2 Å². The third-order valence-corrected chi connectivity index (χ3v) is 3.56. The summed E-state index contributed by atoms with van der Waals surface area (Å²) < 4.78 is 16.1. The van der Waals surface area contributed by atoms with Crippen LogP contribution in [-0.2, 0) is 6.54 Å². The molecule has 1 heterocycles. The van der Waals surface area contributed by atoms with Gasteiger partial charge in [0.2, 0.25) is 5.75 Å². The lowest BCUT2D eigenvalue weighted by atomic mass is 10.1. The van der Waals surface area contributed by atoms with Crippen LogP contribution in [0.1, 0.15) is 12.0 Å². The summed E-state index contributed by atoms with van der Waals surface area (Å²) in [5, 5.41) is 3.42. The van der Waals surface area contributed by atoms with Crippen molar-refractivity contribution in [3.8, 4) is 17.2 Å². The van der Waals surface area contributed by atoms with Gasteiger partial charge < -0.3 is 19.5 Å². The lowest BCUT2D eigenvalue weighted by Gasteiger charge is -2.21. The van der Waals surface area contributed by atoms with Gasteiger partial charge in [-0.15, -0.1) is 0 Å². The summed E-state index contributed by atoms with van der Waals surface area (Å²) in [6.45, 7) is 5.23. The maximum atomic E-state index is 5.40. The zero-order valence-electron chi connectivity index (χ0n) is 12.6. The van der Waals surface area contributed by atoms with E-state index in [0.29, 0.717) is 5.75 Å². The molecular weight excluding hydrogens is 256 g/mol. The van der Waals surface area contributed by atoms with Crippen LogP contribution in [0.15, 0.2) is 12.1 Å². The van der Waals surface area contributed by atoms with Crippen LogP contribution < -0.4 is 19.5 Å². The molecule has 20 heavy (non-hydrogen) atoms. The van der Waals surface area contributed by atoms with Crippen LogP contribution >= 0.6 is 0 Å². The van der Waals surface area contributed by atoms with Crippen molar-refractivity contribution in [2.75, 3.05) is 47.5 Å². The molecule has 0 bridgehead atoms. The molecule has 0 saturated carbocycles. The van der Waals surface area contributed by atoms with Gasteiger partial charge in [0.15, 0.2) is 11.5 Å². The van der Waals surface area contributed by atoms with E-state index in [1.165, 1.54) is 12.0 Å². The molecular formula is C15H24N2O3. The van der Waals surface area contributed by atoms with Gasteiger partial charge in [-0.1, -0.05) is 0 Å². The maximum Gasteiger partial charge on any atom is 0.203 e. The number of nitrogens with zero attached hydrogens (tertiary/aromatic N) is 1. The van der Waals surface area contributed by atoms with Crippen molar-refractivity contribution in [3.63, 3.8) is 0 Å². The summed E-state index contributed by atoms with van der Waals surface area (Å²) in [6, 6.07) is 4.05. The number of nitrogens with one attached hydrogen (secondary N) is 1. The Labute approximate surface area is 120 Å². The van der Waals surface area contributed by atoms with Gasteiger partial charge in [-0.3, -0.25) is 4.90 Å². The average Bonchev–Trinajstić information content (AvgIpc) is 2.74. The number of hydrogen-bond donors (Lipinski definition) is 1. The summed E-state index contributed by atoms with van der Waals surface area (Å²) in [6.07, 6.45) is 1.18. The van der Waals surface area contributed by atoms with Crippen molar-refractivity contribution in [2.24, 2.45) is 0 Å². The van der Waals surface area contributed by atoms with Crippen LogP contribution in [-0.4, -0.2) is 52.4 Å². The van der Waals surface area contributed by atoms with Gasteiger partial charge in [-0.25, -0.2) is 0 Å². The molecule has 2 rings (SSSR count). The van der Waals surface area contributed by atoms with E-state index in [-0.39, 0.29) is 0 Å². The normalized spacial score (nSPS) is 16.6. The predicted octanol–water partition coefficient (Wildman–Crippen LogP) is 1.51. The number of ether oxygens (including phenoxy) is 3. The van der Waals surface area contributed by atoms with E-state index in [1.54, 1.807) is 21.3 Å². The molecule has 0 radical (unpaired) electrons. The molecule has 1 fully saturated rings. The Bertz CT molecular complexity index is 404. The second kappa shape index (κ2) is 7.36. The Morgan fingerprint density at radius 1 is 1.00 bits per heavy atom. The van der Waals surface area contributed by atoms with E-state index in [9.17, 15) is 0 Å². The molecule has 0 atom stereocenters. The Hall–Kier alpha value is -1.46. The minimum atomic E-state index is 0.649. The summed E-state index contributed by atoms with van der Waals surface area (Å²) >= 11 is 0. The molecule has 0 spiro atoms. The monoisotopic (exact) mass is 280 g/mol. The zero-order chi connectivity index (χ0) is 14.4. The van der Waals surface area contributed by atoms with E-state index < -0.39 is 0 Å². The smallest absolute Gasteiger partial charge is 0.203 e. The topological polar surface area (TPSA) is 43.0 Å². The van der Waals surface area contributed by atoms with Crippen molar-refractivity contribution in [1.29, 1.82) is 0 Å². The van der Waals surface area contributed by atoms with Crippen LogP contribution in [0.2, 0.25) is 0 Å². The number of hydrogen-bond acceptors (Lipinski definition) is 5. The Balaban J connectivity index is 2.18. The minimum absolute atomic E-state index is 0.649. The van der Waals surface area contributed by atoms with Crippen LogP contribution in [0.4, 0.5) is 0 Å². The van der Waals surface area contributed by atoms with E-state index in [0.717, 1.165) is 44.2 Å². The molecule has 5 heteroatoms. The number of rotatable bonds is 5. The third kappa shape index (κ3) is 3.55. The molecule has 1 aromatic carbocycles. The first-order valence-electron chi connectivity index (χ1n) is 7.00. The minimum Gasteiger partial charge on any atom is -0.493 e. The second-order valence-corrected chi connectivity index (χ2v) is 4.91. The first-order valence-corrected chi connectivity index (χ1v) is 7.00. The highest BCUT2D eigenvalue weighted by Crippen LogP contribution is 2.38. The fraction of sp³-hybridized carbons (Fsp3) is 0.600. The zero-order valence-corrected chi connectivity index (χ0v) is 12.6. The Kier molecular flexibility index (Phi) is 5.49. The first-order chi connectivity index (χ1) is 9.78.